The number of thiophene rings is 1. The number of hydrogen-bond acceptors (Lipinski definition) is 3. The third kappa shape index (κ3) is 2.74. The number of hydrogen-bond donors (Lipinski definition) is 2. The van der Waals surface area contributed by atoms with E-state index >= 15 is 0 Å². The average Bonchev–Trinajstić information content (AvgIpc) is 2.69. The van der Waals surface area contributed by atoms with Crippen LogP contribution in [0.4, 0.5) is 0 Å². The van der Waals surface area contributed by atoms with Crippen LogP contribution in [0, 0.1) is 0 Å². The van der Waals surface area contributed by atoms with Crippen LogP contribution in [0.15, 0.2) is 29.6 Å². The van der Waals surface area contributed by atoms with Crippen molar-refractivity contribution in [2.45, 2.75) is 18.9 Å². The van der Waals surface area contributed by atoms with Gasteiger partial charge in [-0.25, -0.2) is 0 Å². The molecule has 0 bridgehead atoms. The van der Waals surface area contributed by atoms with Gasteiger partial charge in [0.05, 0.1) is 0 Å². The summed E-state index contributed by atoms with van der Waals surface area (Å²) in [5.41, 5.74) is 7.30. The van der Waals surface area contributed by atoms with E-state index in [1.54, 1.807) is 11.3 Å². The van der Waals surface area contributed by atoms with Gasteiger partial charge in [-0.3, -0.25) is 0 Å². The van der Waals surface area contributed by atoms with Crippen molar-refractivity contribution in [3.8, 4) is 0 Å². The molecule has 0 aliphatic heterocycles. The highest BCUT2D eigenvalue weighted by Crippen LogP contribution is 2.30. The molecule has 1 atom stereocenters. The second-order valence-electron chi connectivity index (χ2n) is 3.66. The molecule has 0 spiro atoms. The Morgan fingerprint density at radius 1 is 1.31 bits per heavy atom. The van der Waals surface area contributed by atoms with Crippen LogP contribution in [-0.4, -0.2) is 11.7 Å². The Hall–Kier alpha value is -0.610. The zero-order valence-corrected chi connectivity index (χ0v) is 10.6. The zero-order valence-electron chi connectivity index (χ0n) is 8.93. The van der Waals surface area contributed by atoms with Crippen molar-refractivity contribution in [2.75, 3.05) is 6.61 Å². The first-order valence-corrected chi connectivity index (χ1v) is 6.03. The molecule has 0 saturated heterocycles. The maximum Gasteiger partial charge on any atom is 0.0431 e. The molecule has 0 radical (unpaired) electrons. The van der Waals surface area contributed by atoms with Gasteiger partial charge in [-0.05, 0) is 35.2 Å². The number of halogens is 1. The predicted molar refractivity (Wildman–Crippen MR) is 72.3 cm³/mol. The molecule has 0 fully saturated rings. The van der Waals surface area contributed by atoms with Crippen LogP contribution >= 0.6 is 23.7 Å². The number of rotatable bonds is 4. The van der Waals surface area contributed by atoms with E-state index in [1.165, 1.54) is 15.6 Å². The molecule has 88 valence electrons. The molecule has 0 aliphatic rings. The number of aliphatic hydroxyl groups excluding tert-OH is 1. The normalized spacial score (nSPS) is 12.4. The maximum absolute atomic E-state index is 8.77. The third-order valence-corrected chi connectivity index (χ3v) is 3.57. The molecule has 1 heterocycles. The number of nitrogens with two attached hydrogens (primary N) is 1. The Morgan fingerprint density at radius 2 is 2.06 bits per heavy atom. The van der Waals surface area contributed by atoms with E-state index < -0.39 is 0 Å². The number of fused-ring (bicyclic) bond motifs is 1. The first kappa shape index (κ1) is 13.5. The Bertz CT molecular complexity index is 443. The third-order valence-electron chi connectivity index (χ3n) is 2.58. The molecule has 16 heavy (non-hydrogen) atoms. The maximum atomic E-state index is 8.77. The Balaban J connectivity index is 0.00000128. The van der Waals surface area contributed by atoms with Crippen LogP contribution in [0.2, 0.25) is 0 Å². The number of aliphatic hydroxyl groups is 1. The summed E-state index contributed by atoms with van der Waals surface area (Å²) in [5.74, 6) is 0. The van der Waals surface area contributed by atoms with E-state index in [-0.39, 0.29) is 25.1 Å². The van der Waals surface area contributed by atoms with Gasteiger partial charge in [-0.2, -0.15) is 0 Å². The Kier molecular flexibility index (Phi) is 5.22. The highest BCUT2D eigenvalue weighted by atomic mass is 35.5. The summed E-state index contributed by atoms with van der Waals surface area (Å²) in [4.78, 5) is 0. The summed E-state index contributed by atoms with van der Waals surface area (Å²) in [5, 5.41) is 12.2. The zero-order chi connectivity index (χ0) is 10.7. The average molecular weight is 258 g/mol. The largest absolute Gasteiger partial charge is 0.396 e. The van der Waals surface area contributed by atoms with Crippen LogP contribution in [0.1, 0.15) is 24.4 Å². The predicted octanol–water partition coefficient (Wildman–Crippen LogP) is 3.10. The Labute approximate surface area is 106 Å². The Morgan fingerprint density at radius 3 is 2.81 bits per heavy atom. The van der Waals surface area contributed by atoms with Crippen LogP contribution in [0.3, 0.4) is 0 Å². The number of benzene rings is 1. The molecule has 0 unspecified atom stereocenters. The van der Waals surface area contributed by atoms with Gasteiger partial charge in [0, 0.05) is 17.3 Å². The van der Waals surface area contributed by atoms with Crippen LogP contribution in [0.5, 0.6) is 0 Å². The van der Waals surface area contributed by atoms with Gasteiger partial charge in [0.1, 0.15) is 0 Å². The summed E-state index contributed by atoms with van der Waals surface area (Å²) in [7, 11) is 0. The lowest BCUT2D eigenvalue weighted by Gasteiger charge is -2.09. The molecule has 2 aromatic rings. The highest BCUT2D eigenvalue weighted by Gasteiger charge is 2.10. The fourth-order valence-electron chi connectivity index (χ4n) is 1.75. The second-order valence-corrected chi connectivity index (χ2v) is 4.57. The fourth-order valence-corrected chi connectivity index (χ4v) is 2.78. The molecule has 4 heteroatoms. The van der Waals surface area contributed by atoms with Gasteiger partial charge >= 0.3 is 0 Å². The molecule has 1 aromatic heterocycles. The van der Waals surface area contributed by atoms with Crippen molar-refractivity contribution in [2.24, 2.45) is 5.73 Å². The van der Waals surface area contributed by atoms with Gasteiger partial charge in [0.2, 0.25) is 0 Å². The standard InChI is InChI=1S/C12H15NOS.ClH/c13-11(5-3-7-14)10-8-15-12-6-2-1-4-9(10)12;/h1-2,4,6,8,11,14H,3,5,7,13H2;1H/t11-;/m0./s1. The van der Waals surface area contributed by atoms with Crippen LogP contribution in [-0.2, 0) is 0 Å². The summed E-state index contributed by atoms with van der Waals surface area (Å²) in [6.07, 6.45) is 1.61. The van der Waals surface area contributed by atoms with E-state index in [9.17, 15) is 0 Å². The monoisotopic (exact) mass is 257 g/mol. The molecule has 0 amide bonds. The van der Waals surface area contributed by atoms with Crippen LogP contribution < -0.4 is 5.73 Å². The van der Waals surface area contributed by atoms with Gasteiger partial charge in [0.25, 0.3) is 0 Å². The summed E-state index contributed by atoms with van der Waals surface area (Å²) < 4.78 is 1.28. The second kappa shape index (κ2) is 6.21. The minimum absolute atomic E-state index is 0. The smallest absolute Gasteiger partial charge is 0.0431 e. The minimum Gasteiger partial charge on any atom is -0.396 e. The molecule has 1 aromatic carbocycles. The van der Waals surface area contributed by atoms with Crippen molar-refractivity contribution in [3.63, 3.8) is 0 Å². The van der Waals surface area contributed by atoms with E-state index in [0.717, 1.165) is 12.8 Å². The van der Waals surface area contributed by atoms with Gasteiger partial charge < -0.3 is 10.8 Å². The molecular formula is C12H16ClNOS. The van der Waals surface area contributed by atoms with Crippen molar-refractivity contribution >= 4 is 33.8 Å². The molecule has 2 nitrogen and oxygen atoms in total. The lowest BCUT2D eigenvalue weighted by molar-refractivity contribution is 0.280. The summed E-state index contributed by atoms with van der Waals surface area (Å²) in [6, 6.07) is 8.36. The van der Waals surface area contributed by atoms with Gasteiger partial charge in [0.15, 0.2) is 0 Å². The van der Waals surface area contributed by atoms with Crippen molar-refractivity contribution in [1.82, 2.24) is 0 Å². The molecular weight excluding hydrogens is 242 g/mol. The van der Waals surface area contributed by atoms with Crippen molar-refractivity contribution in [1.29, 1.82) is 0 Å². The van der Waals surface area contributed by atoms with Gasteiger partial charge in [-0.1, -0.05) is 18.2 Å². The summed E-state index contributed by atoms with van der Waals surface area (Å²) in [6.45, 7) is 0.218. The minimum atomic E-state index is 0. The lowest BCUT2D eigenvalue weighted by Crippen LogP contribution is -2.10. The lowest BCUT2D eigenvalue weighted by atomic mass is 10.0. The first-order chi connectivity index (χ1) is 7.33. The molecule has 0 saturated carbocycles. The molecule has 2 rings (SSSR count). The van der Waals surface area contributed by atoms with E-state index in [4.69, 9.17) is 10.8 Å². The van der Waals surface area contributed by atoms with E-state index in [2.05, 4.69) is 17.5 Å². The fraction of sp³-hybridized carbons (Fsp3) is 0.333. The highest BCUT2D eigenvalue weighted by molar-refractivity contribution is 7.17. The quantitative estimate of drug-likeness (QED) is 0.884. The topological polar surface area (TPSA) is 46.2 Å². The van der Waals surface area contributed by atoms with E-state index in [1.807, 2.05) is 12.1 Å². The van der Waals surface area contributed by atoms with Crippen molar-refractivity contribution < 1.29 is 5.11 Å². The first-order valence-electron chi connectivity index (χ1n) is 5.15. The van der Waals surface area contributed by atoms with E-state index in [0.29, 0.717) is 0 Å². The van der Waals surface area contributed by atoms with Crippen molar-refractivity contribution in [3.05, 3.63) is 35.2 Å². The van der Waals surface area contributed by atoms with Gasteiger partial charge in [-0.15, -0.1) is 23.7 Å². The van der Waals surface area contributed by atoms with Crippen LogP contribution in [0.25, 0.3) is 10.1 Å². The molecule has 0 aliphatic carbocycles. The SMILES string of the molecule is Cl.N[C@@H](CCCO)c1csc2ccccc12. The summed E-state index contributed by atoms with van der Waals surface area (Å²) >= 11 is 1.73. The molecule has 3 N–H and O–H groups in total.